The summed E-state index contributed by atoms with van der Waals surface area (Å²) >= 11 is 0. The van der Waals surface area contributed by atoms with Gasteiger partial charge >= 0.3 is 0 Å². The van der Waals surface area contributed by atoms with Crippen LogP contribution >= 0.6 is 0 Å². The molecule has 3 nitrogen and oxygen atoms in total. The lowest BCUT2D eigenvalue weighted by atomic mass is 9.79. The maximum absolute atomic E-state index is 5.84. The third kappa shape index (κ3) is 4.95. The van der Waals surface area contributed by atoms with Crippen molar-refractivity contribution in [2.75, 3.05) is 6.54 Å². The summed E-state index contributed by atoms with van der Waals surface area (Å²) in [5.74, 6) is 0.234. The fourth-order valence-electron chi connectivity index (χ4n) is 4.55. The topological polar surface area (TPSA) is 24.8 Å². The predicted octanol–water partition coefficient (Wildman–Crippen LogP) is 6.57. The Kier molecular flexibility index (Phi) is 6.96. The molecule has 0 amide bonds. The van der Waals surface area contributed by atoms with Gasteiger partial charge in [-0.25, -0.2) is 0 Å². The zero-order valence-corrected chi connectivity index (χ0v) is 18.1. The largest absolute Gasteiger partial charge is 0.391 e. The van der Waals surface area contributed by atoms with Crippen molar-refractivity contribution in [3.63, 3.8) is 0 Å². The van der Waals surface area contributed by atoms with Crippen molar-refractivity contribution in [3.8, 4) is 0 Å². The van der Waals surface area contributed by atoms with E-state index in [9.17, 15) is 0 Å². The number of likely N-dealkylation sites (tertiary alicyclic amines) is 1. The van der Waals surface area contributed by atoms with E-state index in [1.165, 1.54) is 11.1 Å². The molecule has 3 aromatic carbocycles. The van der Waals surface area contributed by atoms with E-state index in [-0.39, 0.29) is 18.0 Å². The fourth-order valence-corrected chi connectivity index (χ4v) is 4.55. The first-order chi connectivity index (χ1) is 15.3. The summed E-state index contributed by atoms with van der Waals surface area (Å²) in [7, 11) is 0. The van der Waals surface area contributed by atoms with Crippen LogP contribution in [0, 0.1) is 5.92 Å². The van der Waals surface area contributed by atoms with Crippen molar-refractivity contribution >= 4 is 5.71 Å². The number of hydrogen-bond acceptors (Lipinski definition) is 3. The minimum atomic E-state index is 0.206. The van der Waals surface area contributed by atoms with Crippen LogP contribution in [-0.2, 0) is 11.4 Å². The number of rotatable bonds is 7. The Balaban J connectivity index is 1.67. The molecular weight excluding hydrogens is 380 g/mol. The number of nitrogens with zero attached hydrogens (tertiary/aromatic N) is 2. The Morgan fingerprint density at radius 2 is 1.48 bits per heavy atom. The van der Waals surface area contributed by atoms with Crippen molar-refractivity contribution in [3.05, 3.63) is 120 Å². The lowest BCUT2D eigenvalue weighted by Gasteiger charge is -2.46. The van der Waals surface area contributed by atoms with Gasteiger partial charge < -0.3 is 4.84 Å². The van der Waals surface area contributed by atoms with Gasteiger partial charge in [0.1, 0.15) is 6.61 Å². The average Bonchev–Trinajstić information content (AvgIpc) is 2.82. The predicted molar refractivity (Wildman–Crippen MR) is 128 cm³/mol. The molecule has 0 N–H and O–H groups in total. The fraction of sp³-hybridized carbons (Fsp3) is 0.250. The first kappa shape index (κ1) is 21.1. The van der Waals surface area contributed by atoms with Crippen molar-refractivity contribution < 1.29 is 4.84 Å². The number of piperidine rings is 1. The molecule has 3 aromatic rings. The van der Waals surface area contributed by atoms with E-state index >= 15 is 0 Å². The minimum Gasteiger partial charge on any atom is -0.391 e. The summed E-state index contributed by atoms with van der Waals surface area (Å²) in [4.78, 5) is 8.40. The van der Waals surface area contributed by atoms with Crippen LogP contribution in [0.1, 0.15) is 42.1 Å². The Morgan fingerprint density at radius 3 is 2.10 bits per heavy atom. The molecule has 1 saturated heterocycles. The van der Waals surface area contributed by atoms with Crippen molar-refractivity contribution in [2.45, 2.75) is 32.0 Å². The summed E-state index contributed by atoms with van der Waals surface area (Å²) in [6.45, 7) is 7.61. The van der Waals surface area contributed by atoms with Crippen LogP contribution in [0.5, 0.6) is 0 Å². The molecule has 3 atom stereocenters. The normalized spacial score (nSPS) is 22.9. The Morgan fingerprint density at radius 1 is 0.903 bits per heavy atom. The highest BCUT2D eigenvalue weighted by atomic mass is 16.6. The lowest BCUT2D eigenvalue weighted by molar-refractivity contribution is 0.0941. The molecule has 31 heavy (non-hydrogen) atoms. The molecule has 1 aliphatic rings. The van der Waals surface area contributed by atoms with Gasteiger partial charge in [0.05, 0.1) is 5.71 Å². The molecule has 1 aliphatic heterocycles. The number of oxime groups is 1. The standard InChI is InChI=1S/C28H30N2O/c1-3-19-30-27(24-15-9-5-10-16-24)20-26(29-31-21-23-13-7-4-8-14-23)22(2)28(30)25-17-11-6-12-18-25/h3-18,22,27-28H,1,19-21H2,2H3/b29-26+/t22-,27+,28-/m1/s1. The molecular formula is C28H30N2O. The second kappa shape index (κ2) is 10.2. The van der Waals surface area contributed by atoms with Crippen LogP contribution in [-0.4, -0.2) is 17.2 Å². The van der Waals surface area contributed by atoms with Crippen molar-refractivity contribution in [1.82, 2.24) is 4.90 Å². The molecule has 0 aromatic heterocycles. The summed E-state index contributed by atoms with van der Waals surface area (Å²) in [6, 6.07) is 32.1. The van der Waals surface area contributed by atoms with Gasteiger partial charge in [-0.05, 0) is 16.7 Å². The molecule has 1 heterocycles. The third-order valence-corrected chi connectivity index (χ3v) is 6.08. The second-order valence-corrected chi connectivity index (χ2v) is 8.10. The van der Waals surface area contributed by atoms with Crippen LogP contribution in [0.2, 0.25) is 0 Å². The summed E-state index contributed by atoms with van der Waals surface area (Å²) in [6.07, 6.45) is 2.85. The van der Waals surface area contributed by atoms with Crippen LogP contribution < -0.4 is 0 Å². The van der Waals surface area contributed by atoms with Crippen LogP contribution in [0.4, 0.5) is 0 Å². The minimum absolute atomic E-state index is 0.206. The molecule has 0 aliphatic carbocycles. The van der Waals surface area contributed by atoms with Gasteiger partial charge in [-0.1, -0.05) is 109 Å². The Labute approximate surface area is 185 Å². The summed E-state index contributed by atoms with van der Waals surface area (Å²) < 4.78 is 0. The zero-order valence-electron chi connectivity index (χ0n) is 18.1. The van der Waals surface area contributed by atoms with E-state index in [4.69, 9.17) is 4.84 Å². The van der Waals surface area contributed by atoms with Crippen molar-refractivity contribution in [2.24, 2.45) is 11.1 Å². The van der Waals surface area contributed by atoms with Gasteiger partial charge in [0.2, 0.25) is 0 Å². The lowest BCUT2D eigenvalue weighted by Crippen LogP contribution is -2.44. The summed E-state index contributed by atoms with van der Waals surface area (Å²) in [5.41, 5.74) is 4.84. The third-order valence-electron chi connectivity index (χ3n) is 6.08. The van der Waals surface area contributed by atoms with Gasteiger partial charge in [0.15, 0.2) is 0 Å². The second-order valence-electron chi connectivity index (χ2n) is 8.10. The molecule has 0 spiro atoms. The van der Waals surface area contributed by atoms with Gasteiger partial charge in [-0.2, -0.15) is 0 Å². The van der Waals surface area contributed by atoms with Crippen LogP contribution in [0.3, 0.4) is 0 Å². The van der Waals surface area contributed by atoms with E-state index in [2.05, 4.69) is 96.4 Å². The van der Waals surface area contributed by atoms with Gasteiger partial charge in [-0.3, -0.25) is 4.90 Å². The highest BCUT2D eigenvalue weighted by molar-refractivity contribution is 5.88. The molecule has 1 fully saturated rings. The molecule has 0 radical (unpaired) electrons. The van der Waals surface area contributed by atoms with E-state index in [0.29, 0.717) is 6.61 Å². The molecule has 4 rings (SSSR count). The first-order valence-electron chi connectivity index (χ1n) is 11.0. The van der Waals surface area contributed by atoms with E-state index in [1.54, 1.807) is 0 Å². The van der Waals surface area contributed by atoms with Gasteiger partial charge in [-0.15, -0.1) is 6.58 Å². The van der Waals surface area contributed by atoms with Crippen molar-refractivity contribution in [1.29, 1.82) is 0 Å². The number of hydrogen-bond donors (Lipinski definition) is 0. The smallest absolute Gasteiger partial charge is 0.142 e. The van der Waals surface area contributed by atoms with Crippen LogP contribution in [0.25, 0.3) is 0 Å². The Bertz CT molecular complexity index is 985. The van der Waals surface area contributed by atoms with E-state index in [0.717, 1.165) is 24.2 Å². The first-order valence-corrected chi connectivity index (χ1v) is 11.0. The molecule has 0 saturated carbocycles. The zero-order chi connectivity index (χ0) is 21.5. The monoisotopic (exact) mass is 410 g/mol. The maximum atomic E-state index is 5.84. The molecule has 0 bridgehead atoms. The van der Waals surface area contributed by atoms with Gasteiger partial charge in [0.25, 0.3) is 0 Å². The molecule has 0 unspecified atom stereocenters. The highest BCUT2D eigenvalue weighted by Crippen LogP contribution is 2.43. The molecule has 3 heteroatoms. The van der Waals surface area contributed by atoms with Gasteiger partial charge in [0, 0.05) is 31.0 Å². The molecule has 158 valence electrons. The van der Waals surface area contributed by atoms with Crippen LogP contribution in [0.15, 0.2) is 109 Å². The highest BCUT2D eigenvalue weighted by Gasteiger charge is 2.40. The SMILES string of the molecule is C=CCN1[C@H](c2ccccc2)C/C(=N\OCc2ccccc2)[C@@H](C)[C@@H]1c1ccccc1. The Hall–Kier alpha value is -3.17. The van der Waals surface area contributed by atoms with E-state index < -0.39 is 0 Å². The maximum Gasteiger partial charge on any atom is 0.142 e. The quantitative estimate of drug-likeness (QED) is 0.325. The van der Waals surface area contributed by atoms with E-state index in [1.807, 2.05) is 24.3 Å². The summed E-state index contributed by atoms with van der Waals surface area (Å²) in [5, 5.41) is 4.67. The number of benzene rings is 3. The average molecular weight is 411 g/mol.